The van der Waals surface area contributed by atoms with E-state index in [9.17, 15) is 4.79 Å². The first-order valence-electron chi connectivity index (χ1n) is 9.00. The molecule has 0 atom stereocenters. The minimum Gasteiger partial charge on any atom is -0.388 e. The Balaban J connectivity index is 2.08. The molecule has 0 aliphatic carbocycles. The number of carbonyl (C=O) groups excluding carboxylic acids is 1. The lowest BCUT2D eigenvalue weighted by Gasteiger charge is -2.21. The Morgan fingerprint density at radius 2 is 1.93 bits per heavy atom. The highest BCUT2D eigenvalue weighted by Gasteiger charge is 2.17. The molecule has 2 aromatic heterocycles. The third kappa shape index (κ3) is 4.70. The third-order valence-corrected chi connectivity index (χ3v) is 4.19. The lowest BCUT2D eigenvalue weighted by atomic mass is 10.1. The number of nitrogens with zero attached hydrogens (tertiary/aromatic N) is 2. The van der Waals surface area contributed by atoms with Gasteiger partial charge >= 0.3 is 0 Å². The van der Waals surface area contributed by atoms with Crippen molar-refractivity contribution in [2.75, 3.05) is 6.61 Å². The van der Waals surface area contributed by atoms with Crippen LogP contribution in [0.3, 0.4) is 0 Å². The van der Waals surface area contributed by atoms with Crippen molar-refractivity contribution in [3.8, 4) is 11.3 Å². The van der Waals surface area contributed by atoms with Crippen molar-refractivity contribution >= 4 is 17.5 Å². The van der Waals surface area contributed by atoms with E-state index in [1.807, 2.05) is 36.5 Å². The number of fused-ring (bicyclic) bond motifs is 1. The quantitative estimate of drug-likeness (QED) is 0.658. The van der Waals surface area contributed by atoms with E-state index in [4.69, 9.17) is 10.1 Å². The molecular formula is C22H25N3O2. The average Bonchev–Trinajstić information content (AvgIpc) is 3.02. The average molecular weight is 363 g/mol. The summed E-state index contributed by atoms with van der Waals surface area (Å²) in [6.45, 7) is 6.58. The number of hydrogen-bond donors (Lipinski definition) is 2. The lowest BCUT2D eigenvalue weighted by Crippen LogP contribution is -2.35. The fraction of sp³-hybridized carbons (Fsp3) is 0.273. The highest BCUT2D eigenvalue weighted by atomic mass is 16.3. The second-order valence-corrected chi connectivity index (χ2v) is 7.53. The van der Waals surface area contributed by atoms with Crippen molar-refractivity contribution in [1.29, 1.82) is 0 Å². The highest BCUT2D eigenvalue weighted by molar-refractivity contribution is 5.94. The zero-order valence-electron chi connectivity index (χ0n) is 15.9. The van der Waals surface area contributed by atoms with Crippen LogP contribution in [0.25, 0.3) is 23.0 Å². The van der Waals surface area contributed by atoms with Crippen LogP contribution in [-0.4, -0.2) is 32.4 Å². The van der Waals surface area contributed by atoms with Crippen LogP contribution in [0.5, 0.6) is 0 Å². The van der Waals surface area contributed by atoms with Gasteiger partial charge < -0.3 is 14.8 Å². The van der Waals surface area contributed by atoms with Gasteiger partial charge in [-0.15, -0.1) is 0 Å². The fourth-order valence-electron chi connectivity index (χ4n) is 2.80. The van der Waals surface area contributed by atoms with Crippen LogP contribution in [0.15, 0.2) is 54.7 Å². The van der Waals surface area contributed by atoms with E-state index in [1.165, 1.54) is 6.08 Å². The van der Waals surface area contributed by atoms with Gasteiger partial charge in [-0.25, -0.2) is 4.98 Å². The minimum atomic E-state index is -0.483. The number of ketones is 1. The summed E-state index contributed by atoms with van der Waals surface area (Å²) in [6.07, 6.45) is 5.07. The molecule has 5 nitrogen and oxygen atoms in total. The SMILES string of the molecule is CC(C)(C)NCc1c(-c2ccccc2)nc2ccc(/C=C/C(=O)CO)cn12. The molecule has 0 aliphatic rings. The summed E-state index contributed by atoms with van der Waals surface area (Å²) in [6, 6.07) is 14.0. The Bertz CT molecular complexity index is 966. The summed E-state index contributed by atoms with van der Waals surface area (Å²) in [5.74, 6) is -0.319. The van der Waals surface area contributed by atoms with Gasteiger partial charge in [0.1, 0.15) is 12.3 Å². The third-order valence-electron chi connectivity index (χ3n) is 4.19. The van der Waals surface area contributed by atoms with E-state index in [-0.39, 0.29) is 11.3 Å². The van der Waals surface area contributed by atoms with Gasteiger partial charge in [-0.05, 0) is 50.6 Å². The van der Waals surface area contributed by atoms with Crippen LogP contribution in [0.2, 0.25) is 0 Å². The van der Waals surface area contributed by atoms with Crippen molar-refractivity contribution in [1.82, 2.24) is 14.7 Å². The Kier molecular flexibility index (Phi) is 5.54. The molecule has 0 radical (unpaired) electrons. The van der Waals surface area contributed by atoms with Crippen LogP contribution in [0, 0.1) is 0 Å². The first-order valence-corrected chi connectivity index (χ1v) is 9.00. The van der Waals surface area contributed by atoms with E-state index in [2.05, 4.69) is 42.6 Å². The number of carbonyl (C=O) groups is 1. The number of rotatable bonds is 6. The largest absolute Gasteiger partial charge is 0.388 e. The fourth-order valence-corrected chi connectivity index (χ4v) is 2.80. The number of pyridine rings is 1. The van der Waals surface area contributed by atoms with Gasteiger partial charge in [0, 0.05) is 23.8 Å². The maximum absolute atomic E-state index is 11.4. The van der Waals surface area contributed by atoms with Crippen LogP contribution in [0.4, 0.5) is 0 Å². The van der Waals surface area contributed by atoms with Gasteiger partial charge in [0.05, 0.1) is 11.4 Å². The molecule has 0 amide bonds. The predicted molar refractivity (Wildman–Crippen MR) is 108 cm³/mol. The molecule has 0 spiro atoms. The maximum atomic E-state index is 11.4. The van der Waals surface area contributed by atoms with Gasteiger partial charge in [-0.2, -0.15) is 0 Å². The van der Waals surface area contributed by atoms with Gasteiger partial charge in [0.15, 0.2) is 5.78 Å². The minimum absolute atomic E-state index is 0.0246. The van der Waals surface area contributed by atoms with Gasteiger partial charge in [-0.1, -0.05) is 30.3 Å². The Labute approximate surface area is 159 Å². The van der Waals surface area contributed by atoms with Crippen molar-refractivity contribution in [3.63, 3.8) is 0 Å². The van der Waals surface area contributed by atoms with Crippen molar-refractivity contribution in [3.05, 3.63) is 66.0 Å². The standard InChI is InChI=1S/C22H25N3O2/c1-22(2,3)23-13-19-21(17-7-5-4-6-8-17)24-20-12-10-16(14-25(19)20)9-11-18(27)15-26/h4-12,14,23,26H,13,15H2,1-3H3/b11-9+. The molecule has 3 aromatic rings. The first-order chi connectivity index (χ1) is 12.9. The van der Waals surface area contributed by atoms with E-state index in [1.54, 1.807) is 6.08 Å². The monoisotopic (exact) mass is 363 g/mol. The summed E-state index contributed by atoms with van der Waals surface area (Å²) < 4.78 is 2.06. The molecule has 27 heavy (non-hydrogen) atoms. The molecule has 3 rings (SSSR count). The summed E-state index contributed by atoms with van der Waals surface area (Å²) in [5, 5.41) is 12.4. The Hall–Kier alpha value is -2.76. The number of benzene rings is 1. The Morgan fingerprint density at radius 3 is 2.59 bits per heavy atom. The zero-order valence-corrected chi connectivity index (χ0v) is 15.9. The van der Waals surface area contributed by atoms with Crippen LogP contribution in [-0.2, 0) is 11.3 Å². The van der Waals surface area contributed by atoms with Gasteiger partial charge in [0.25, 0.3) is 0 Å². The number of aliphatic hydroxyl groups excluding tert-OH is 1. The highest BCUT2D eigenvalue weighted by Crippen LogP contribution is 2.25. The Morgan fingerprint density at radius 1 is 1.19 bits per heavy atom. The number of aromatic nitrogens is 2. The summed E-state index contributed by atoms with van der Waals surface area (Å²) in [7, 11) is 0. The van der Waals surface area contributed by atoms with Crippen molar-refractivity contribution in [2.45, 2.75) is 32.9 Å². The van der Waals surface area contributed by atoms with Crippen molar-refractivity contribution < 1.29 is 9.90 Å². The smallest absolute Gasteiger partial charge is 0.181 e. The van der Waals surface area contributed by atoms with E-state index in [0.717, 1.165) is 28.2 Å². The molecule has 5 heteroatoms. The topological polar surface area (TPSA) is 66.6 Å². The molecular weight excluding hydrogens is 338 g/mol. The molecule has 0 unspecified atom stereocenters. The summed E-state index contributed by atoms with van der Waals surface area (Å²) in [4.78, 5) is 16.2. The van der Waals surface area contributed by atoms with E-state index in [0.29, 0.717) is 6.54 Å². The predicted octanol–water partition coefficient (Wildman–Crippen LogP) is 3.46. The summed E-state index contributed by atoms with van der Waals surface area (Å²) >= 11 is 0. The van der Waals surface area contributed by atoms with Crippen LogP contribution >= 0.6 is 0 Å². The number of hydrogen-bond acceptors (Lipinski definition) is 4. The lowest BCUT2D eigenvalue weighted by molar-refractivity contribution is -0.117. The molecule has 0 fully saturated rings. The van der Waals surface area contributed by atoms with Gasteiger partial charge in [-0.3, -0.25) is 4.79 Å². The zero-order chi connectivity index (χ0) is 19.4. The second kappa shape index (κ2) is 7.86. The normalized spacial score (nSPS) is 12.1. The molecule has 2 N–H and O–H groups in total. The second-order valence-electron chi connectivity index (χ2n) is 7.53. The molecule has 0 bridgehead atoms. The van der Waals surface area contributed by atoms with E-state index >= 15 is 0 Å². The molecule has 0 saturated heterocycles. The number of nitrogens with one attached hydrogen (secondary N) is 1. The molecule has 140 valence electrons. The molecule has 2 heterocycles. The number of imidazole rings is 1. The maximum Gasteiger partial charge on any atom is 0.181 e. The van der Waals surface area contributed by atoms with Crippen LogP contribution in [0.1, 0.15) is 32.0 Å². The van der Waals surface area contributed by atoms with Crippen LogP contribution < -0.4 is 5.32 Å². The van der Waals surface area contributed by atoms with Crippen molar-refractivity contribution in [2.24, 2.45) is 0 Å². The molecule has 0 saturated carbocycles. The molecule has 0 aliphatic heterocycles. The molecule has 1 aromatic carbocycles. The number of aliphatic hydroxyl groups is 1. The van der Waals surface area contributed by atoms with E-state index < -0.39 is 6.61 Å². The van der Waals surface area contributed by atoms with Gasteiger partial charge in [0.2, 0.25) is 0 Å². The first kappa shape index (κ1) is 19.0. The summed E-state index contributed by atoms with van der Waals surface area (Å²) in [5.41, 5.74) is 4.78.